The summed E-state index contributed by atoms with van der Waals surface area (Å²) in [4.78, 5) is 9.78. The topological polar surface area (TPSA) is 62.7 Å². The maximum atomic E-state index is 12.9. The third kappa shape index (κ3) is 4.59. The van der Waals surface area contributed by atoms with E-state index >= 15 is 0 Å². The van der Waals surface area contributed by atoms with Crippen LogP contribution in [0.2, 0.25) is 0 Å². The van der Waals surface area contributed by atoms with E-state index in [1.165, 1.54) is 6.20 Å². The molecule has 1 aromatic heterocycles. The summed E-state index contributed by atoms with van der Waals surface area (Å²) >= 11 is 0. The second-order valence-corrected chi connectivity index (χ2v) is 9.11. The number of piperazine rings is 1. The van der Waals surface area contributed by atoms with Gasteiger partial charge in [0.2, 0.25) is 9.84 Å². The molecule has 0 N–H and O–H groups in total. The number of nitrogens with zero attached hydrogens (tertiary/aromatic N) is 3. The van der Waals surface area contributed by atoms with Crippen LogP contribution >= 0.6 is 12.4 Å². The maximum absolute atomic E-state index is 12.9. The SMILES string of the molecule is COCCN1CCN(c2cccc3cc(S(=O)(=O)c4ccccc4)cnc23)CC1.Cl. The van der Waals surface area contributed by atoms with Crippen LogP contribution in [0.4, 0.5) is 5.69 Å². The van der Waals surface area contributed by atoms with Gasteiger partial charge in [-0.05, 0) is 24.3 Å². The lowest BCUT2D eigenvalue weighted by Gasteiger charge is -2.36. The second kappa shape index (κ2) is 9.75. The van der Waals surface area contributed by atoms with Crippen molar-refractivity contribution in [1.29, 1.82) is 0 Å². The van der Waals surface area contributed by atoms with E-state index in [0.717, 1.165) is 55.9 Å². The Kier molecular flexibility index (Phi) is 7.31. The van der Waals surface area contributed by atoms with Crippen molar-refractivity contribution in [3.63, 3.8) is 0 Å². The standard InChI is InChI=1S/C22H25N3O3S.ClH/c1-28-15-14-24-10-12-25(13-11-24)21-9-5-6-18-16-20(17-23-22(18)21)29(26,27)19-7-3-2-4-8-19;/h2-9,16-17H,10-15H2,1H3;1H. The number of hydrogen-bond donors (Lipinski definition) is 0. The van der Waals surface area contributed by atoms with E-state index in [1.807, 2.05) is 12.1 Å². The number of benzene rings is 2. The summed E-state index contributed by atoms with van der Waals surface area (Å²) < 4.78 is 31.0. The zero-order chi connectivity index (χ0) is 20.3. The van der Waals surface area contributed by atoms with Gasteiger partial charge in [-0.1, -0.05) is 30.3 Å². The van der Waals surface area contributed by atoms with E-state index < -0.39 is 9.84 Å². The summed E-state index contributed by atoms with van der Waals surface area (Å²) in [6.45, 7) is 5.46. The third-order valence-corrected chi connectivity index (χ3v) is 7.09. The van der Waals surface area contributed by atoms with Gasteiger partial charge >= 0.3 is 0 Å². The minimum atomic E-state index is -3.58. The molecule has 1 saturated heterocycles. The molecule has 0 bridgehead atoms. The van der Waals surface area contributed by atoms with Crippen LogP contribution in [0.3, 0.4) is 0 Å². The van der Waals surface area contributed by atoms with Gasteiger partial charge in [0.15, 0.2) is 0 Å². The fourth-order valence-electron chi connectivity index (χ4n) is 3.70. The van der Waals surface area contributed by atoms with Gasteiger partial charge in [-0.3, -0.25) is 9.88 Å². The zero-order valence-electron chi connectivity index (χ0n) is 16.9. The predicted molar refractivity (Wildman–Crippen MR) is 121 cm³/mol. The fourth-order valence-corrected chi connectivity index (χ4v) is 4.96. The molecule has 3 aromatic rings. The summed E-state index contributed by atoms with van der Waals surface area (Å²) in [6.07, 6.45) is 1.48. The fraction of sp³-hybridized carbons (Fsp3) is 0.318. The highest BCUT2D eigenvalue weighted by molar-refractivity contribution is 7.91. The average Bonchev–Trinajstić information content (AvgIpc) is 2.78. The van der Waals surface area contributed by atoms with Crippen molar-refractivity contribution < 1.29 is 13.2 Å². The first-order chi connectivity index (χ1) is 14.1. The molecule has 160 valence electrons. The van der Waals surface area contributed by atoms with Gasteiger partial charge in [-0.15, -0.1) is 12.4 Å². The molecule has 0 unspecified atom stereocenters. The molecule has 4 rings (SSSR count). The van der Waals surface area contributed by atoms with Crippen LogP contribution < -0.4 is 4.90 Å². The molecular formula is C22H26ClN3O3S. The van der Waals surface area contributed by atoms with Gasteiger partial charge in [-0.25, -0.2) is 8.42 Å². The summed E-state index contributed by atoms with van der Waals surface area (Å²) in [6, 6.07) is 16.2. The Morgan fingerprint density at radius 1 is 0.967 bits per heavy atom. The van der Waals surface area contributed by atoms with Crippen LogP contribution in [0.25, 0.3) is 10.9 Å². The van der Waals surface area contributed by atoms with Crippen LogP contribution in [0.5, 0.6) is 0 Å². The number of fused-ring (bicyclic) bond motifs is 1. The van der Waals surface area contributed by atoms with Crippen molar-refractivity contribution >= 4 is 38.8 Å². The van der Waals surface area contributed by atoms with Crippen molar-refractivity contribution in [2.75, 3.05) is 51.3 Å². The van der Waals surface area contributed by atoms with Crippen molar-refractivity contribution in [3.8, 4) is 0 Å². The molecule has 0 radical (unpaired) electrons. The van der Waals surface area contributed by atoms with Gasteiger partial charge in [0.1, 0.15) is 0 Å². The molecule has 1 aliphatic rings. The minimum Gasteiger partial charge on any atom is -0.383 e. The van der Waals surface area contributed by atoms with Crippen LogP contribution in [0, 0.1) is 0 Å². The first-order valence-electron chi connectivity index (χ1n) is 9.75. The van der Waals surface area contributed by atoms with E-state index in [0.29, 0.717) is 0 Å². The van der Waals surface area contributed by atoms with Crippen molar-refractivity contribution in [2.45, 2.75) is 9.79 Å². The minimum absolute atomic E-state index is 0. The maximum Gasteiger partial charge on any atom is 0.208 e. The van der Waals surface area contributed by atoms with Crippen LogP contribution in [-0.2, 0) is 14.6 Å². The van der Waals surface area contributed by atoms with Gasteiger partial charge < -0.3 is 9.64 Å². The molecule has 2 aromatic carbocycles. The monoisotopic (exact) mass is 447 g/mol. The van der Waals surface area contributed by atoms with Gasteiger partial charge in [0, 0.05) is 51.4 Å². The molecule has 0 amide bonds. The number of methoxy groups -OCH3 is 1. The molecule has 8 heteroatoms. The first kappa shape index (κ1) is 22.5. The number of aromatic nitrogens is 1. The Hall–Kier alpha value is -2.19. The third-order valence-electron chi connectivity index (χ3n) is 5.35. The van der Waals surface area contributed by atoms with Crippen LogP contribution in [-0.4, -0.2) is 64.7 Å². The number of para-hydroxylation sites is 1. The van der Waals surface area contributed by atoms with Gasteiger partial charge in [-0.2, -0.15) is 0 Å². The number of pyridine rings is 1. The van der Waals surface area contributed by atoms with Crippen LogP contribution in [0.15, 0.2) is 70.6 Å². The van der Waals surface area contributed by atoms with Crippen molar-refractivity contribution in [3.05, 3.63) is 60.8 Å². The molecule has 0 spiro atoms. The van der Waals surface area contributed by atoms with Crippen LogP contribution in [0.1, 0.15) is 0 Å². The molecule has 6 nitrogen and oxygen atoms in total. The Morgan fingerprint density at radius 3 is 2.40 bits per heavy atom. The number of sulfone groups is 1. The van der Waals surface area contributed by atoms with Crippen molar-refractivity contribution in [2.24, 2.45) is 0 Å². The zero-order valence-corrected chi connectivity index (χ0v) is 18.5. The number of hydrogen-bond acceptors (Lipinski definition) is 6. The molecule has 0 saturated carbocycles. The van der Waals surface area contributed by atoms with E-state index in [2.05, 4.69) is 20.9 Å². The quantitative estimate of drug-likeness (QED) is 0.578. The lowest BCUT2D eigenvalue weighted by molar-refractivity contribution is 0.144. The molecular weight excluding hydrogens is 422 g/mol. The summed E-state index contributed by atoms with van der Waals surface area (Å²) in [5.41, 5.74) is 1.89. The number of ether oxygens (including phenoxy) is 1. The second-order valence-electron chi connectivity index (χ2n) is 7.16. The van der Waals surface area contributed by atoms with E-state index in [1.54, 1.807) is 43.5 Å². The van der Waals surface area contributed by atoms with E-state index in [4.69, 9.17) is 4.74 Å². The lowest BCUT2D eigenvalue weighted by Crippen LogP contribution is -2.47. The summed E-state index contributed by atoms with van der Waals surface area (Å²) in [5, 5.41) is 0.835. The number of rotatable bonds is 6. The first-order valence-corrected chi connectivity index (χ1v) is 11.2. The summed E-state index contributed by atoms with van der Waals surface area (Å²) in [5.74, 6) is 0. The number of anilines is 1. The highest BCUT2D eigenvalue weighted by Gasteiger charge is 2.21. The van der Waals surface area contributed by atoms with Gasteiger partial charge in [0.05, 0.1) is 27.6 Å². The highest BCUT2D eigenvalue weighted by Crippen LogP contribution is 2.29. The normalized spacial score (nSPS) is 15.2. The molecule has 2 heterocycles. The molecule has 0 atom stereocenters. The Balaban J connectivity index is 0.00000256. The highest BCUT2D eigenvalue weighted by atomic mass is 35.5. The van der Waals surface area contributed by atoms with E-state index in [-0.39, 0.29) is 22.2 Å². The molecule has 1 fully saturated rings. The Morgan fingerprint density at radius 2 is 1.70 bits per heavy atom. The lowest BCUT2D eigenvalue weighted by atomic mass is 10.1. The summed E-state index contributed by atoms with van der Waals surface area (Å²) in [7, 11) is -1.85. The Bertz CT molecular complexity index is 1090. The smallest absolute Gasteiger partial charge is 0.208 e. The van der Waals surface area contributed by atoms with Gasteiger partial charge in [0.25, 0.3) is 0 Å². The predicted octanol–water partition coefficient (Wildman–Crippen LogP) is 3.26. The molecule has 30 heavy (non-hydrogen) atoms. The number of halogens is 1. The molecule has 1 aliphatic heterocycles. The van der Waals surface area contributed by atoms with Crippen molar-refractivity contribution in [1.82, 2.24) is 9.88 Å². The Labute approximate surface area is 183 Å². The van der Waals surface area contributed by atoms with E-state index in [9.17, 15) is 8.42 Å². The largest absolute Gasteiger partial charge is 0.383 e. The average molecular weight is 448 g/mol. The molecule has 0 aliphatic carbocycles.